The first kappa shape index (κ1) is 15.0. The number of nitrogens with one attached hydrogen (secondary N) is 1. The topological polar surface area (TPSA) is 84.7 Å². The lowest BCUT2D eigenvalue weighted by Crippen LogP contribution is -2.44. The van der Waals surface area contributed by atoms with Gasteiger partial charge in [0.1, 0.15) is 5.60 Å². The lowest BCUT2D eigenvalue weighted by molar-refractivity contribution is -0.108. The summed E-state index contributed by atoms with van der Waals surface area (Å²) in [6, 6.07) is 6.94. The van der Waals surface area contributed by atoms with E-state index in [9.17, 15) is 9.59 Å². The first-order chi connectivity index (χ1) is 8.85. The molecule has 0 saturated heterocycles. The number of hydrogen-bond donors (Lipinski definition) is 2. The van der Waals surface area contributed by atoms with Gasteiger partial charge < -0.3 is 10.5 Å². The van der Waals surface area contributed by atoms with Crippen molar-refractivity contribution in [1.82, 2.24) is 5.43 Å². The molecule has 0 bridgehead atoms. The Morgan fingerprint density at radius 1 is 1.37 bits per heavy atom. The van der Waals surface area contributed by atoms with Crippen molar-refractivity contribution in [1.29, 1.82) is 0 Å². The largest absolute Gasteiger partial charge is 0.443 e. The molecule has 0 spiro atoms. The molecule has 0 radical (unpaired) electrons. The number of hydrogen-bond acceptors (Lipinski definition) is 4. The van der Waals surface area contributed by atoms with Gasteiger partial charge in [-0.3, -0.25) is 4.79 Å². The Hall–Kier alpha value is -2.08. The Morgan fingerprint density at radius 3 is 2.37 bits per heavy atom. The van der Waals surface area contributed by atoms with Gasteiger partial charge >= 0.3 is 6.09 Å². The molecule has 1 rings (SSSR count). The molecule has 0 unspecified atom stereocenters. The maximum Gasteiger partial charge on any atom is 0.427 e. The summed E-state index contributed by atoms with van der Waals surface area (Å²) in [6.07, 6.45) is -0.191. The van der Waals surface area contributed by atoms with Crippen molar-refractivity contribution in [2.24, 2.45) is 5.73 Å². The molecule has 0 atom stereocenters. The van der Waals surface area contributed by atoms with Crippen molar-refractivity contribution >= 4 is 18.2 Å². The summed E-state index contributed by atoms with van der Waals surface area (Å²) in [5, 5.41) is 1.05. The van der Waals surface area contributed by atoms with Gasteiger partial charge in [0.2, 0.25) is 6.41 Å². The van der Waals surface area contributed by atoms with Gasteiger partial charge in [-0.25, -0.2) is 15.2 Å². The first-order valence-electron chi connectivity index (χ1n) is 5.89. The van der Waals surface area contributed by atoms with Gasteiger partial charge in [-0.15, -0.1) is 0 Å². The SMILES string of the molecule is CC(C)(C)OC(=O)NN(C=O)c1ccc(CN)cc1. The molecule has 104 valence electrons. The second-order valence-corrected chi connectivity index (χ2v) is 4.96. The van der Waals surface area contributed by atoms with Crippen LogP contribution in [-0.4, -0.2) is 18.1 Å². The number of hydrazine groups is 1. The molecule has 0 aliphatic carbocycles. The monoisotopic (exact) mass is 265 g/mol. The zero-order valence-corrected chi connectivity index (χ0v) is 11.3. The lowest BCUT2D eigenvalue weighted by atomic mass is 10.2. The molecule has 1 aromatic rings. The maximum atomic E-state index is 11.6. The van der Waals surface area contributed by atoms with E-state index in [0.29, 0.717) is 18.6 Å². The van der Waals surface area contributed by atoms with E-state index in [1.165, 1.54) is 0 Å². The molecule has 6 nitrogen and oxygen atoms in total. The minimum Gasteiger partial charge on any atom is -0.443 e. The van der Waals surface area contributed by atoms with Crippen LogP contribution in [-0.2, 0) is 16.1 Å². The lowest BCUT2D eigenvalue weighted by Gasteiger charge is -2.23. The number of amides is 2. The number of nitrogens with zero attached hydrogens (tertiary/aromatic N) is 1. The average Bonchev–Trinajstić information content (AvgIpc) is 2.34. The van der Waals surface area contributed by atoms with Gasteiger partial charge in [-0.05, 0) is 38.5 Å². The van der Waals surface area contributed by atoms with Crippen LogP contribution in [0.4, 0.5) is 10.5 Å². The van der Waals surface area contributed by atoms with Crippen LogP contribution in [0.3, 0.4) is 0 Å². The summed E-state index contributed by atoms with van der Waals surface area (Å²) < 4.78 is 5.07. The van der Waals surface area contributed by atoms with Gasteiger partial charge in [0.15, 0.2) is 0 Å². The van der Waals surface area contributed by atoms with Crippen molar-refractivity contribution in [3.8, 4) is 0 Å². The fourth-order valence-electron chi connectivity index (χ4n) is 1.34. The van der Waals surface area contributed by atoms with E-state index < -0.39 is 11.7 Å². The molecule has 0 saturated carbocycles. The van der Waals surface area contributed by atoms with Crippen LogP contribution >= 0.6 is 0 Å². The number of ether oxygens (including phenoxy) is 1. The Labute approximate surface area is 112 Å². The highest BCUT2D eigenvalue weighted by atomic mass is 16.6. The number of anilines is 1. The summed E-state index contributed by atoms with van der Waals surface area (Å²) in [5.74, 6) is 0. The fourth-order valence-corrected chi connectivity index (χ4v) is 1.34. The van der Waals surface area contributed by atoms with Crippen LogP contribution in [0, 0.1) is 0 Å². The van der Waals surface area contributed by atoms with E-state index in [2.05, 4.69) is 5.43 Å². The van der Waals surface area contributed by atoms with Crippen LogP contribution in [0.25, 0.3) is 0 Å². The molecular weight excluding hydrogens is 246 g/mol. The molecule has 19 heavy (non-hydrogen) atoms. The van der Waals surface area contributed by atoms with E-state index in [0.717, 1.165) is 10.6 Å². The van der Waals surface area contributed by atoms with Gasteiger partial charge in [0.25, 0.3) is 0 Å². The summed E-state index contributed by atoms with van der Waals surface area (Å²) in [7, 11) is 0. The summed E-state index contributed by atoms with van der Waals surface area (Å²) in [4.78, 5) is 22.6. The van der Waals surface area contributed by atoms with Crippen LogP contribution in [0.1, 0.15) is 26.3 Å². The molecule has 1 aromatic carbocycles. The van der Waals surface area contributed by atoms with Crippen molar-refractivity contribution in [2.45, 2.75) is 32.9 Å². The predicted octanol–water partition coefficient (Wildman–Crippen LogP) is 1.55. The third kappa shape index (κ3) is 4.97. The zero-order chi connectivity index (χ0) is 14.5. The van der Waals surface area contributed by atoms with E-state index >= 15 is 0 Å². The quantitative estimate of drug-likeness (QED) is 0.639. The number of rotatable bonds is 4. The normalized spacial score (nSPS) is 10.7. The van der Waals surface area contributed by atoms with E-state index in [-0.39, 0.29) is 0 Å². The molecular formula is C13H19N3O3. The van der Waals surface area contributed by atoms with Gasteiger partial charge in [0, 0.05) is 6.54 Å². The summed E-state index contributed by atoms with van der Waals surface area (Å²) >= 11 is 0. The van der Waals surface area contributed by atoms with Crippen molar-refractivity contribution in [2.75, 3.05) is 5.01 Å². The third-order valence-corrected chi connectivity index (χ3v) is 2.17. The fraction of sp³-hybridized carbons (Fsp3) is 0.385. The number of nitrogens with two attached hydrogens (primary N) is 1. The van der Waals surface area contributed by atoms with Crippen molar-refractivity contribution in [3.63, 3.8) is 0 Å². The number of benzene rings is 1. The summed E-state index contributed by atoms with van der Waals surface area (Å²) in [6.45, 7) is 5.65. The molecule has 0 heterocycles. The smallest absolute Gasteiger partial charge is 0.427 e. The molecule has 0 aliphatic heterocycles. The number of carbonyl (C=O) groups is 2. The molecule has 0 aliphatic rings. The van der Waals surface area contributed by atoms with E-state index in [4.69, 9.17) is 10.5 Å². The van der Waals surface area contributed by atoms with Crippen molar-refractivity contribution < 1.29 is 14.3 Å². The predicted molar refractivity (Wildman–Crippen MR) is 72.2 cm³/mol. The van der Waals surface area contributed by atoms with Gasteiger partial charge in [-0.1, -0.05) is 12.1 Å². The molecule has 2 amide bonds. The van der Waals surface area contributed by atoms with Gasteiger partial charge in [-0.2, -0.15) is 0 Å². The van der Waals surface area contributed by atoms with Crippen molar-refractivity contribution in [3.05, 3.63) is 29.8 Å². The standard InChI is InChI=1S/C13H19N3O3/c1-13(2,3)19-12(18)15-16(9-17)11-6-4-10(8-14)5-7-11/h4-7,9H,8,14H2,1-3H3,(H,15,18). The highest BCUT2D eigenvalue weighted by Gasteiger charge is 2.18. The number of carbonyl (C=O) groups excluding carboxylic acids is 2. The minimum atomic E-state index is -0.692. The zero-order valence-electron chi connectivity index (χ0n) is 11.3. The second kappa shape index (κ2) is 6.19. The van der Waals surface area contributed by atoms with Crippen LogP contribution in [0.2, 0.25) is 0 Å². The third-order valence-electron chi connectivity index (χ3n) is 2.17. The Balaban J connectivity index is 2.72. The average molecular weight is 265 g/mol. The van der Waals surface area contributed by atoms with E-state index in [1.54, 1.807) is 45.0 Å². The molecule has 0 fully saturated rings. The first-order valence-corrected chi connectivity index (χ1v) is 5.89. The van der Waals surface area contributed by atoms with Crippen LogP contribution < -0.4 is 16.2 Å². The minimum absolute atomic E-state index is 0.418. The Morgan fingerprint density at radius 2 is 1.95 bits per heavy atom. The second-order valence-electron chi connectivity index (χ2n) is 4.96. The molecule has 0 aromatic heterocycles. The van der Waals surface area contributed by atoms with Crippen LogP contribution in [0.5, 0.6) is 0 Å². The highest BCUT2D eigenvalue weighted by molar-refractivity contribution is 5.81. The van der Waals surface area contributed by atoms with Crippen LogP contribution in [0.15, 0.2) is 24.3 Å². The Bertz CT molecular complexity index is 437. The maximum absolute atomic E-state index is 11.6. The Kier molecular flexibility index (Phi) is 4.88. The molecule has 3 N–H and O–H groups in total. The van der Waals surface area contributed by atoms with Gasteiger partial charge in [0.05, 0.1) is 5.69 Å². The molecule has 6 heteroatoms. The van der Waals surface area contributed by atoms with E-state index in [1.807, 2.05) is 0 Å². The summed E-state index contributed by atoms with van der Waals surface area (Å²) in [5.41, 5.74) is 8.68. The highest BCUT2D eigenvalue weighted by Crippen LogP contribution is 2.13.